The van der Waals surface area contributed by atoms with E-state index >= 15 is 0 Å². The maximum Gasteiger partial charge on any atom is 0.287 e. The van der Waals surface area contributed by atoms with Crippen LogP contribution < -0.4 is 5.32 Å². The summed E-state index contributed by atoms with van der Waals surface area (Å²) < 4.78 is 28.0. The third-order valence-electron chi connectivity index (χ3n) is 2.46. The van der Waals surface area contributed by atoms with Crippen LogP contribution in [-0.4, -0.2) is 19.3 Å². The molecule has 0 atom stereocenters. The summed E-state index contributed by atoms with van der Waals surface area (Å²) in [5.41, 5.74) is 2.34. The highest BCUT2D eigenvalue weighted by molar-refractivity contribution is 8.15. The molecule has 1 N–H and O–H groups in total. The first-order valence-electron chi connectivity index (χ1n) is 5.41. The van der Waals surface area contributed by atoms with Gasteiger partial charge < -0.3 is 5.32 Å². The van der Waals surface area contributed by atoms with E-state index in [0.29, 0.717) is 22.2 Å². The molecule has 0 amide bonds. The standard InChI is InChI=1S/C12H14N2O2S2/c1-4-5-17-12-13-10-7-8(2)6-9(3)11(10)18(15,16)14-12/h4,6-7H,1,5H2,2-3H3,(H,13,14). The molecule has 0 saturated heterocycles. The van der Waals surface area contributed by atoms with Gasteiger partial charge in [-0.1, -0.05) is 23.9 Å². The van der Waals surface area contributed by atoms with Crippen LogP contribution >= 0.6 is 11.8 Å². The Morgan fingerprint density at radius 3 is 2.83 bits per heavy atom. The first kappa shape index (κ1) is 13.2. The molecule has 1 aliphatic heterocycles. The number of fused-ring (bicyclic) bond motifs is 1. The van der Waals surface area contributed by atoms with Gasteiger partial charge in [-0.15, -0.1) is 11.0 Å². The van der Waals surface area contributed by atoms with Crippen molar-refractivity contribution in [2.75, 3.05) is 11.1 Å². The van der Waals surface area contributed by atoms with Crippen molar-refractivity contribution in [1.29, 1.82) is 0 Å². The Morgan fingerprint density at radius 1 is 1.44 bits per heavy atom. The van der Waals surface area contributed by atoms with E-state index in [2.05, 4.69) is 16.3 Å². The maximum absolute atomic E-state index is 12.1. The molecule has 6 heteroatoms. The van der Waals surface area contributed by atoms with Crippen molar-refractivity contribution in [3.05, 3.63) is 35.9 Å². The number of benzene rings is 1. The van der Waals surface area contributed by atoms with E-state index in [1.165, 1.54) is 11.8 Å². The van der Waals surface area contributed by atoms with Crippen LogP contribution in [0.5, 0.6) is 0 Å². The molecule has 0 unspecified atom stereocenters. The largest absolute Gasteiger partial charge is 0.333 e. The van der Waals surface area contributed by atoms with Crippen molar-refractivity contribution in [2.24, 2.45) is 4.40 Å². The fourth-order valence-corrected chi connectivity index (χ4v) is 4.05. The van der Waals surface area contributed by atoms with Gasteiger partial charge in [0.15, 0.2) is 5.17 Å². The fraction of sp³-hybridized carbons (Fsp3) is 0.250. The van der Waals surface area contributed by atoms with Crippen LogP contribution in [0, 0.1) is 13.8 Å². The molecule has 4 nitrogen and oxygen atoms in total. The second-order valence-corrected chi connectivity index (χ2v) is 6.60. The van der Waals surface area contributed by atoms with Gasteiger partial charge >= 0.3 is 0 Å². The predicted molar refractivity (Wildman–Crippen MR) is 76.8 cm³/mol. The first-order valence-corrected chi connectivity index (χ1v) is 7.83. The summed E-state index contributed by atoms with van der Waals surface area (Å²) in [6, 6.07) is 3.67. The lowest BCUT2D eigenvalue weighted by molar-refractivity contribution is 0.597. The van der Waals surface area contributed by atoms with Gasteiger partial charge in [0.1, 0.15) is 4.90 Å². The highest BCUT2D eigenvalue weighted by Gasteiger charge is 2.27. The fourth-order valence-electron chi connectivity index (χ4n) is 1.88. The zero-order valence-electron chi connectivity index (χ0n) is 10.2. The van der Waals surface area contributed by atoms with Gasteiger partial charge in [0.2, 0.25) is 0 Å². The molecule has 0 fully saturated rings. The van der Waals surface area contributed by atoms with Gasteiger partial charge in [0.05, 0.1) is 5.69 Å². The summed E-state index contributed by atoms with van der Waals surface area (Å²) in [5, 5.41) is 3.45. The van der Waals surface area contributed by atoms with Crippen molar-refractivity contribution < 1.29 is 8.42 Å². The van der Waals surface area contributed by atoms with Crippen LogP contribution in [0.3, 0.4) is 0 Å². The highest BCUT2D eigenvalue weighted by atomic mass is 32.2. The van der Waals surface area contributed by atoms with Gasteiger partial charge in [-0.2, -0.15) is 8.42 Å². The molecule has 0 aromatic heterocycles. The molecule has 1 aromatic rings. The molecule has 1 aromatic carbocycles. The number of nitrogens with zero attached hydrogens (tertiary/aromatic N) is 1. The van der Waals surface area contributed by atoms with E-state index in [0.717, 1.165) is 5.56 Å². The molecular weight excluding hydrogens is 268 g/mol. The van der Waals surface area contributed by atoms with Gasteiger partial charge in [-0.3, -0.25) is 0 Å². The molecule has 0 bridgehead atoms. The SMILES string of the molecule is C=CCSC1=NS(=O)(=O)c2c(C)cc(C)cc2N1. The molecule has 0 spiro atoms. The topological polar surface area (TPSA) is 58.5 Å². The molecule has 1 aliphatic rings. The van der Waals surface area contributed by atoms with Gasteiger partial charge in [0, 0.05) is 5.75 Å². The molecule has 2 rings (SSSR count). The van der Waals surface area contributed by atoms with Crippen molar-refractivity contribution in [3.8, 4) is 0 Å². The van der Waals surface area contributed by atoms with Gasteiger partial charge in [-0.25, -0.2) is 0 Å². The normalized spacial score (nSPS) is 16.4. The van der Waals surface area contributed by atoms with E-state index in [1.54, 1.807) is 13.0 Å². The summed E-state index contributed by atoms with van der Waals surface area (Å²) in [5.74, 6) is 0.613. The molecule has 18 heavy (non-hydrogen) atoms. The van der Waals surface area contributed by atoms with Crippen LogP contribution in [0.4, 0.5) is 5.69 Å². The van der Waals surface area contributed by atoms with Crippen molar-refractivity contribution in [3.63, 3.8) is 0 Å². The van der Waals surface area contributed by atoms with E-state index in [-0.39, 0.29) is 4.90 Å². The van der Waals surface area contributed by atoms with E-state index in [4.69, 9.17) is 0 Å². The first-order chi connectivity index (χ1) is 8.44. The number of anilines is 1. The van der Waals surface area contributed by atoms with Gasteiger partial charge in [-0.05, 0) is 31.0 Å². The zero-order chi connectivity index (χ0) is 13.3. The number of nitrogens with one attached hydrogen (secondary N) is 1. The van der Waals surface area contributed by atoms with Crippen molar-refractivity contribution >= 4 is 32.6 Å². The van der Waals surface area contributed by atoms with Crippen LogP contribution in [0.1, 0.15) is 11.1 Å². The third kappa shape index (κ3) is 2.44. The number of hydrogen-bond acceptors (Lipinski definition) is 4. The lowest BCUT2D eigenvalue weighted by Gasteiger charge is -2.19. The number of thioether (sulfide) groups is 1. The van der Waals surface area contributed by atoms with Gasteiger partial charge in [0.25, 0.3) is 10.0 Å². The van der Waals surface area contributed by atoms with Crippen LogP contribution in [-0.2, 0) is 10.0 Å². The Morgan fingerprint density at radius 2 is 2.17 bits per heavy atom. The zero-order valence-corrected chi connectivity index (χ0v) is 11.9. The number of aryl methyl sites for hydroxylation is 2. The summed E-state index contributed by atoms with van der Waals surface area (Å²) in [7, 11) is -3.60. The molecule has 96 valence electrons. The quantitative estimate of drug-likeness (QED) is 0.847. The Bertz CT molecular complexity index is 634. The third-order valence-corrected chi connectivity index (χ3v) is 4.92. The minimum atomic E-state index is -3.60. The minimum Gasteiger partial charge on any atom is -0.333 e. The Kier molecular flexibility index (Phi) is 3.49. The molecule has 0 aliphatic carbocycles. The summed E-state index contributed by atoms with van der Waals surface area (Å²) in [4.78, 5) is 0.274. The summed E-state index contributed by atoms with van der Waals surface area (Å²) in [6.07, 6.45) is 1.71. The minimum absolute atomic E-state index is 0.274. The van der Waals surface area contributed by atoms with E-state index < -0.39 is 10.0 Å². The maximum atomic E-state index is 12.1. The number of sulfonamides is 1. The monoisotopic (exact) mass is 282 g/mol. The van der Waals surface area contributed by atoms with Crippen molar-refractivity contribution in [1.82, 2.24) is 0 Å². The number of hydrogen-bond donors (Lipinski definition) is 1. The molecular formula is C12H14N2O2S2. The summed E-state index contributed by atoms with van der Waals surface area (Å²) in [6.45, 7) is 7.32. The Labute approximate surface area is 111 Å². The lowest BCUT2D eigenvalue weighted by atomic mass is 10.1. The Hall–Kier alpha value is -1.27. The molecule has 1 heterocycles. The number of amidine groups is 1. The van der Waals surface area contributed by atoms with Crippen LogP contribution in [0.15, 0.2) is 34.1 Å². The summed E-state index contributed by atoms with van der Waals surface area (Å²) >= 11 is 1.32. The van der Waals surface area contributed by atoms with Crippen LogP contribution in [0.2, 0.25) is 0 Å². The van der Waals surface area contributed by atoms with E-state index in [9.17, 15) is 8.42 Å². The second kappa shape index (κ2) is 4.78. The molecule has 0 radical (unpaired) electrons. The Balaban J connectivity index is 2.51. The molecule has 0 saturated carbocycles. The van der Waals surface area contributed by atoms with Crippen LogP contribution in [0.25, 0.3) is 0 Å². The lowest BCUT2D eigenvalue weighted by Crippen LogP contribution is -2.20. The highest BCUT2D eigenvalue weighted by Crippen LogP contribution is 2.33. The average Bonchev–Trinajstić information content (AvgIpc) is 2.23. The smallest absolute Gasteiger partial charge is 0.287 e. The van der Waals surface area contributed by atoms with Crippen molar-refractivity contribution in [2.45, 2.75) is 18.7 Å². The predicted octanol–water partition coefficient (Wildman–Crippen LogP) is 2.69. The average molecular weight is 282 g/mol. The van der Waals surface area contributed by atoms with E-state index in [1.807, 2.05) is 19.1 Å². The number of rotatable bonds is 2. The second-order valence-electron chi connectivity index (χ2n) is 4.05.